The minimum atomic E-state index is -0.398. The summed E-state index contributed by atoms with van der Waals surface area (Å²) in [5, 5.41) is 2.99. The van der Waals surface area contributed by atoms with E-state index in [1.807, 2.05) is 6.92 Å². The van der Waals surface area contributed by atoms with Gasteiger partial charge in [-0.3, -0.25) is 0 Å². The Kier molecular flexibility index (Phi) is 6.15. The van der Waals surface area contributed by atoms with Crippen LogP contribution in [0.3, 0.4) is 0 Å². The molecule has 0 spiro atoms. The number of rotatable bonds is 7. The predicted octanol–water partition coefficient (Wildman–Crippen LogP) is 2.23. The number of hydrogen-bond acceptors (Lipinski definition) is 4. The Morgan fingerprint density at radius 2 is 2.29 bits per heavy atom. The summed E-state index contributed by atoms with van der Waals surface area (Å²) < 4.78 is 18.9. The molecule has 0 amide bonds. The summed E-state index contributed by atoms with van der Waals surface area (Å²) in [5.41, 5.74) is 0.407. The fraction of sp³-hybridized carbons (Fsp3) is 0.636. The Morgan fingerprint density at radius 1 is 1.53 bits per heavy atom. The van der Waals surface area contributed by atoms with Crippen LogP contribution in [0.25, 0.3) is 0 Å². The molecule has 1 unspecified atom stereocenters. The van der Waals surface area contributed by atoms with Gasteiger partial charge in [-0.25, -0.2) is 14.4 Å². The van der Waals surface area contributed by atoms with Gasteiger partial charge in [0.2, 0.25) is 0 Å². The maximum atomic E-state index is 13.9. The van der Waals surface area contributed by atoms with Crippen molar-refractivity contribution < 1.29 is 9.13 Å². The number of alkyl halides is 1. The van der Waals surface area contributed by atoms with Crippen molar-refractivity contribution in [1.29, 1.82) is 0 Å². The van der Waals surface area contributed by atoms with Crippen LogP contribution in [-0.4, -0.2) is 35.6 Å². The third-order valence-electron chi connectivity index (χ3n) is 2.36. The highest BCUT2D eigenvalue weighted by Crippen LogP contribution is 2.15. The topological polar surface area (TPSA) is 47.0 Å². The van der Waals surface area contributed by atoms with Gasteiger partial charge < -0.3 is 10.1 Å². The average molecular weight is 262 g/mol. The molecular formula is C11H17ClFN3O. The Labute approximate surface area is 106 Å². The van der Waals surface area contributed by atoms with Gasteiger partial charge in [0.05, 0.1) is 18.3 Å². The molecule has 0 saturated heterocycles. The van der Waals surface area contributed by atoms with Crippen LogP contribution in [0.2, 0.25) is 0 Å². The van der Waals surface area contributed by atoms with Crippen molar-refractivity contribution in [2.24, 2.45) is 0 Å². The zero-order valence-electron chi connectivity index (χ0n) is 10.0. The number of aromatic nitrogens is 2. The highest BCUT2D eigenvalue weighted by Gasteiger charge is 2.14. The summed E-state index contributed by atoms with van der Waals surface area (Å²) in [7, 11) is 1.59. The lowest BCUT2D eigenvalue weighted by Gasteiger charge is -2.18. The molecule has 4 nitrogen and oxygen atoms in total. The van der Waals surface area contributed by atoms with Crippen molar-refractivity contribution >= 4 is 17.4 Å². The van der Waals surface area contributed by atoms with E-state index in [1.54, 1.807) is 7.11 Å². The van der Waals surface area contributed by atoms with Gasteiger partial charge >= 0.3 is 0 Å². The van der Waals surface area contributed by atoms with Gasteiger partial charge in [-0.05, 0) is 12.8 Å². The van der Waals surface area contributed by atoms with E-state index in [2.05, 4.69) is 15.3 Å². The molecular weight excluding hydrogens is 245 g/mol. The second kappa shape index (κ2) is 7.40. The number of ether oxygens (including phenoxy) is 1. The van der Waals surface area contributed by atoms with Gasteiger partial charge in [0, 0.05) is 13.0 Å². The first-order chi connectivity index (χ1) is 8.22. The lowest BCUT2D eigenvalue weighted by molar-refractivity contribution is 0.184. The minimum Gasteiger partial charge on any atom is -0.383 e. The zero-order valence-corrected chi connectivity index (χ0v) is 10.8. The first-order valence-corrected chi connectivity index (χ1v) is 6.07. The quantitative estimate of drug-likeness (QED) is 0.765. The summed E-state index contributed by atoms with van der Waals surface area (Å²) in [4.78, 5) is 7.77. The van der Waals surface area contributed by atoms with Crippen molar-refractivity contribution in [3.63, 3.8) is 0 Å². The molecule has 6 heteroatoms. The third-order valence-corrected chi connectivity index (χ3v) is 2.58. The van der Waals surface area contributed by atoms with Gasteiger partial charge in [-0.2, -0.15) is 0 Å². The molecule has 96 valence electrons. The van der Waals surface area contributed by atoms with Crippen LogP contribution in [-0.2, 0) is 11.2 Å². The summed E-state index contributed by atoms with van der Waals surface area (Å²) >= 11 is 5.67. The maximum absolute atomic E-state index is 13.9. The molecule has 1 atom stereocenters. The van der Waals surface area contributed by atoms with E-state index in [0.717, 1.165) is 0 Å². The number of anilines is 1. The highest BCUT2D eigenvalue weighted by molar-refractivity contribution is 6.17. The fourth-order valence-electron chi connectivity index (χ4n) is 1.48. The molecule has 1 heterocycles. The third kappa shape index (κ3) is 4.09. The molecule has 0 saturated carbocycles. The molecule has 0 radical (unpaired) electrons. The van der Waals surface area contributed by atoms with Gasteiger partial charge in [0.1, 0.15) is 6.33 Å². The number of halogens is 2. The van der Waals surface area contributed by atoms with E-state index in [-0.39, 0.29) is 11.9 Å². The van der Waals surface area contributed by atoms with Crippen LogP contribution in [0.5, 0.6) is 0 Å². The second-order valence-electron chi connectivity index (χ2n) is 3.61. The van der Waals surface area contributed by atoms with E-state index < -0.39 is 5.82 Å². The molecule has 1 aromatic heterocycles. The van der Waals surface area contributed by atoms with Crippen molar-refractivity contribution in [3.05, 3.63) is 17.8 Å². The smallest absolute Gasteiger partial charge is 0.186 e. The van der Waals surface area contributed by atoms with Crippen LogP contribution in [0.15, 0.2) is 6.33 Å². The monoisotopic (exact) mass is 261 g/mol. The first-order valence-electron chi connectivity index (χ1n) is 5.53. The molecule has 17 heavy (non-hydrogen) atoms. The number of nitrogens with zero attached hydrogens (tertiary/aromatic N) is 2. The van der Waals surface area contributed by atoms with E-state index in [1.165, 1.54) is 6.33 Å². The van der Waals surface area contributed by atoms with Gasteiger partial charge in [-0.1, -0.05) is 6.92 Å². The Morgan fingerprint density at radius 3 is 2.88 bits per heavy atom. The Balaban J connectivity index is 2.77. The van der Waals surface area contributed by atoms with Gasteiger partial charge in [0.15, 0.2) is 11.6 Å². The summed E-state index contributed by atoms with van der Waals surface area (Å²) in [6, 6.07) is -0.0494. The first kappa shape index (κ1) is 14.1. The lowest BCUT2D eigenvalue weighted by Crippen LogP contribution is -2.26. The van der Waals surface area contributed by atoms with E-state index in [0.29, 0.717) is 31.0 Å². The predicted molar refractivity (Wildman–Crippen MR) is 66.0 cm³/mol. The molecule has 0 aromatic carbocycles. The van der Waals surface area contributed by atoms with Crippen molar-refractivity contribution in [3.8, 4) is 0 Å². The largest absolute Gasteiger partial charge is 0.383 e. The molecule has 1 rings (SSSR count). The number of methoxy groups -OCH3 is 1. The van der Waals surface area contributed by atoms with Crippen molar-refractivity contribution in [1.82, 2.24) is 9.97 Å². The molecule has 1 N–H and O–H groups in total. The van der Waals surface area contributed by atoms with Crippen molar-refractivity contribution in [2.75, 3.05) is 24.9 Å². The normalized spacial score (nSPS) is 12.5. The van der Waals surface area contributed by atoms with Crippen LogP contribution < -0.4 is 5.32 Å². The molecule has 0 bridgehead atoms. The average Bonchev–Trinajstić information content (AvgIpc) is 2.32. The van der Waals surface area contributed by atoms with Gasteiger partial charge in [-0.15, -0.1) is 11.6 Å². The van der Waals surface area contributed by atoms with Crippen LogP contribution >= 0.6 is 11.6 Å². The molecule has 0 aliphatic carbocycles. The Hall–Kier alpha value is -0.940. The van der Waals surface area contributed by atoms with Crippen LogP contribution in [0, 0.1) is 5.82 Å². The maximum Gasteiger partial charge on any atom is 0.186 e. The fourth-order valence-corrected chi connectivity index (χ4v) is 1.74. The van der Waals surface area contributed by atoms with Crippen LogP contribution in [0.4, 0.5) is 10.2 Å². The number of nitrogens with one attached hydrogen (secondary N) is 1. The van der Waals surface area contributed by atoms with E-state index in [4.69, 9.17) is 16.3 Å². The second-order valence-corrected chi connectivity index (χ2v) is 3.99. The summed E-state index contributed by atoms with van der Waals surface area (Å²) in [6.07, 6.45) is 2.57. The van der Waals surface area contributed by atoms with E-state index in [9.17, 15) is 4.39 Å². The van der Waals surface area contributed by atoms with Crippen LogP contribution in [0.1, 0.15) is 19.0 Å². The van der Waals surface area contributed by atoms with Gasteiger partial charge in [0.25, 0.3) is 0 Å². The zero-order chi connectivity index (χ0) is 12.7. The summed E-state index contributed by atoms with van der Waals surface area (Å²) in [5.74, 6) is 0.295. The molecule has 0 fully saturated rings. The highest BCUT2D eigenvalue weighted by atomic mass is 35.5. The van der Waals surface area contributed by atoms with Crippen molar-refractivity contribution in [2.45, 2.75) is 25.8 Å². The summed E-state index contributed by atoms with van der Waals surface area (Å²) in [6.45, 7) is 2.30. The number of aryl methyl sites for hydroxylation is 1. The number of hydrogen-bond donors (Lipinski definition) is 1. The minimum absolute atomic E-state index is 0.0494. The molecule has 0 aliphatic rings. The van der Waals surface area contributed by atoms with E-state index >= 15 is 0 Å². The Bertz CT molecular complexity index is 345. The lowest BCUT2D eigenvalue weighted by atomic mass is 10.2. The standard InChI is InChI=1S/C11H17ClFN3O/c1-3-9-10(13)11(15-7-14-9)16-8(4-5-12)6-17-2/h7-8H,3-6H2,1-2H3,(H,14,15,16). The molecule has 1 aromatic rings. The SMILES string of the molecule is CCc1ncnc(NC(CCCl)COC)c1F. The molecule has 0 aliphatic heterocycles.